The molecule has 20 heavy (non-hydrogen) atoms. The van der Waals surface area contributed by atoms with E-state index in [4.69, 9.17) is 0 Å². The Balaban J connectivity index is 1.71. The van der Waals surface area contributed by atoms with E-state index < -0.39 is 5.82 Å². The van der Waals surface area contributed by atoms with E-state index in [1.165, 1.54) is 29.7 Å². The number of hydrogen-bond donors (Lipinski definition) is 2. The summed E-state index contributed by atoms with van der Waals surface area (Å²) in [6.45, 7) is 0.607. The average molecular weight is 271 g/mol. The first-order valence-corrected chi connectivity index (χ1v) is 7.02. The van der Waals surface area contributed by atoms with E-state index in [2.05, 4.69) is 29.6 Å². The van der Waals surface area contributed by atoms with Crippen molar-refractivity contribution in [2.75, 3.05) is 0 Å². The zero-order chi connectivity index (χ0) is 13.9. The molecular weight excluding hydrogens is 253 g/mol. The van der Waals surface area contributed by atoms with Crippen molar-refractivity contribution in [3.63, 3.8) is 0 Å². The van der Waals surface area contributed by atoms with Crippen LogP contribution in [0.1, 0.15) is 35.6 Å². The zero-order valence-corrected chi connectivity index (χ0v) is 11.3. The molecule has 1 unspecified atom stereocenters. The SMILES string of the molecule is Oc1ccc(CNC2CCCc3ccccc32)cc1F. The molecule has 2 aromatic carbocycles. The largest absolute Gasteiger partial charge is 0.505 e. The van der Waals surface area contributed by atoms with E-state index in [-0.39, 0.29) is 5.75 Å². The summed E-state index contributed by atoms with van der Waals surface area (Å²) in [6, 6.07) is 13.4. The van der Waals surface area contributed by atoms with Crippen LogP contribution in [0.15, 0.2) is 42.5 Å². The van der Waals surface area contributed by atoms with Gasteiger partial charge in [-0.05, 0) is 48.1 Å². The number of phenolic OH excluding ortho intramolecular Hbond substituents is 1. The lowest BCUT2D eigenvalue weighted by molar-refractivity contribution is 0.429. The third-order valence-electron chi connectivity index (χ3n) is 3.93. The summed E-state index contributed by atoms with van der Waals surface area (Å²) in [4.78, 5) is 0. The molecule has 2 N–H and O–H groups in total. The van der Waals surface area contributed by atoms with Crippen molar-refractivity contribution in [1.82, 2.24) is 5.32 Å². The molecule has 1 atom stereocenters. The highest BCUT2D eigenvalue weighted by molar-refractivity contribution is 5.32. The number of aryl methyl sites for hydroxylation is 1. The lowest BCUT2D eigenvalue weighted by Gasteiger charge is -2.26. The topological polar surface area (TPSA) is 32.3 Å². The van der Waals surface area contributed by atoms with Gasteiger partial charge in [-0.25, -0.2) is 4.39 Å². The predicted molar refractivity (Wildman–Crippen MR) is 77.0 cm³/mol. The van der Waals surface area contributed by atoms with Crippen LogP contribution in [0.2, 0.25) is 0 Å². The molecule has 2 aromatic rings. The third kappa shape index (κ3) is 2.68. The maximum atomic E-state index is 13.3. The smallest absolute Gasteiger partial charge is 0.165 e. The molecular formula is C17H18FNO. The molecule has 2 nitrogen and oxygen atoms in total. The Morgan fingerprint density at radius 1 is 1.20 bits per heavy atom. The quantitative estimate of drug-likeness (QED) is 0.892. The van der Waals surface area contributed by atoms with Crippen molar-refractivity contribution in [2.24, 2.45) is 0 Å². The van der Waals surface area contributed by atoms with Crippen molar-refractivity contribution >= 4 is 0 Å². The van der Waals surface area contributed by atoms with Gasteiger partial charge in [0.25, 0.3) is 0 Å². The molecule has 0 saturated carbocycles. The molecule has 0 fully saturated rings. The third-order valence-corrected chi connectivity index (χ3v) is 3.93. The number of phenols is 1. The maximum absolute atomic E-state index is 13.3. The molecule has 3 rings (SSSR count). The van der Waals surface area contributed by atoms with Crippen LogP contribution >= 0.6 is 0 Å². The Morgan fingerprint density at radius 2 is 2.05 bits per heavy atom. The van der Waals surface area contributed by atoms with Gasteiger partial charge < -0.3 is 10.4 Å². The minimum Gasteiger partial charge on any atom is -0.505 e. The van der Waals surface area contributed by atoms with Gasteiger partial charge in [0.05, 0.1) is 0 Å². The van der Waals surface area contributed by atoms with Crippen molar-refractivity contribution in [3.05, 3.63) is 65.0 Å². The highest BCUT2D eigenvalue weighted by Gasteiger charge is 2.18. The molecule has 1 aliphatic rings. The minimum atomic E-state index is -0.562. The summed E-state index contributed by atoms with van der Waals surface area (Å²) in [5, 5.41) is 12.7. The van der Waals surface area contributed by atoms with Gasteiger partial charge >= 0.3 is 0 Å². The number of hydrogen-bond acceptors (Lipinski definition) is 2. The van der Waals surface area contributed by atoms with Crippen molar-refractivity contribution < 1.29 is 9.50 Å². The van der Waals surface area contributed by atoms with Crippen LogP contribution in [0.4, 0.5) is 4.39 Å². The monoisotopic (exact) mass is 271 g/mol. The zero-order valence-electron chi connectivity index (χ0n) is 11.3. The van der Waals surface area contributed by atoms with Crippen LogP contribution in [0.5, 0.6) is 5.75 Å². The van der Waals surface area contributed by atoms with Gasteiger partial charge in [0.15, 0.2) is 11.6 Å². The minimum absolute atomic E-state index is 0.295. The second-order valence-electron chi connectivity index (χ2n) is 5.31. The fraction of sp³-hybridized carbons (Fsp3) is 0.294. The summed E-state index contributed by atoms with van der Waals surface area (Å²) in [5.41, 5.74) is 3.62. The van der Waals surface area contributed by atoms with Crippen LogP contribution in [-0.2, 0) is 13.0 Å². The Morgan fingerprint density at radius 3 is 2.90 bits per heavy atom. The fourth-order valence-corrected chi connectivity index (χ4v) is 2.87. The van der Waals surface area contributed by atoms with E-state index in [0.717, 1.165) is 18.4 Å². The van der Waals surface area contributed by atoms with Gasteiger partial charge in [-0.2, -0.15) is 0 Å². The van der Waals surface area contributed by atoms with Gasteiger partial charge in [-0.1, -0.05) is 30.3 Å². The standard InChI is InChI=1S/C17H18FNO/c18-15-10-12(8-9-17(15)20)11-19-16-7-3-5-13-4-1-2-6-14(13)16/h1-2,4,6,8-10,16,19-20H,3,5,7,11H2. The molecule has 104 valence electrons. The average Bonchev–Trinajstić information content (AvgIpc) is 2.48. The van der Waals surface area contributed by atoms with Crippen LogP contribution < -0.4 is 5.32 Å². The Hall–Kier alpha value is -1.87. The van der Waals surface area contributed by atoms with Gasteiger partial charge in [0, 0.05) is 12.6 Å². The Bertz CT molecular complexity index is 612. The normalized spacial score (nSPS) is 17.8. The lowest BCUT2D eigenvalue weighted by atomic mass is 9.87. The summed E-state index contributed by atoms with van der Waals surface area (Å²) >= 11 is 0. The van der Waals surface area contributed by atoms with Crippen LogP contribution in [0.3, 0.4) is 0 Å². The first-order chi connectivity index (χ1) is 9.74. The van der Waals surface area contributed by atoms with Crippen molar-refractivity contribution in [2.45, 2.75) is 31.8 Å². The summed E-state index contributed by atoms with van der Waals surface area (Å²) in [5.74, 6) is -0.856. The van der Waals surface area contributed by atoms with E-state index in [9.17, 15) is 9.50 Å². The van der Waals surface area contributed by atoms with Gasteiger partial charge in [-0.3, -0.25) is 0 Å². The highest BCUT2D eigenvalue weighted by Crippen LogP contribution is 2.29. The van der Waals surface area contributed by atoms with Crippen LogP contribution in [-0.4, -0.2) is 5.11 Å². The highest BCUT2D eigenvalue weighted by atomic mass is 19.1. The molecule has 0 aliphatic heterocycles. The first kappa shape index (κ1) is 13.1. The second kappa shape index (κ2) is 5.63. The lowest BCUT2D eigenvalue weighted by Crippen LogP contribution is -2.24. The van der Waals surface area contributed by atoms with Crippen molar-refractivity contribution in [1.29, 1.82) is 0 Å². The fourth-order valence-electron chi connectivity index (χ4n) is 2.87. The number of aromatic hydroxyl groups is 1. The maximum Gasteiger partial charge on any atom is 0.165 e. The second-order valence-corrected chi connectivity index (χ2v) is 5.31. The molecule has 0 bridgehead atoms. The van der Waals surface area contributed by atoms with Gasteiger partial charge in [-0.15, -0.1) is 0 Å². The van der Waals surface area contributed by atoms with Crippen molar-refractivity contribution in [3.8, 4) is 5.75 Å². The molecule has 0 aromatic heterocycles. The van der Waals surface area contributed by atoms with E-state index in [0.29, 0.717) is 12.6 Å². The first-order valence-electron chi connectivity index (χ1n) is 7.02. The molecule has 0 amide bonds. The molecule has 0 saturated heterocycles. The molecule has 1 aliphatic carbocycles. The van der Waals surface area contributed by atoms with Crippen LogP contribution in [0, 0.1) is 5.82 Å². The predicted octanol–water partition coefficient (Wildman–Crippen LogP) is 3.70. The van der Waals surface area contributed by atoms with E-state index in [1.54, 1.807) is 6.07 Å². The number of halogens is 1. The van der Waals surface area contributed by atoms with E-state index >= 15 is 0 Å². The molecule has 0 heterocycles. The molecule has 0 spiro atoms. The Kier molecular flexibility index (Phi) is 3.70. The van der Waals surface area contributed by atoms with Crippen LogP contribution in [0.25, 0.3) is 0 Å². The number of fused-ring (bicyclic) bond motifs is 1. The van der Waals surface area contributed by atoms with Gasteiger partial charge in [0.1, 0.15) is 0 Å². The molecule has 3 heteroatoms. The Labute approximate surface area is 118 Å². The van der Waals surface area contributed by atoms with Gasteiger partial charge in [0.2, 0.25) is 0 Å². The summed E-state index contributed by atoms with van der Waals surface area (Å²) < 4.78 is 13.3. The summed E-state index contributed by atoms with van der Waals surface area (Å²) in [7, 11) is 0. The summed E-state index contributed by atoms with van der Waals surface area (Å²) in [6.07, 6.45) is 3.43. The number of nitrogens with one attached hydrogen (secondary N) is 1. The number of rotatable bonds is 3. The molecule has 0 radical (unpaired) electrons. The van der Waals surface area contributed by atoms with E-state index in [1.807, 2.05) is 0 Å². The number of benzene rings is 2.